The van der Waals surface area contributed by atoms with Crippen LogP contribution in [0.3, 0.4) is 0 Å². The lowest BCUT2D eigenvalue weighted by molar-refractivity contribution is -0.122. The number of ether oxygens (including phenoxy) is 1. The van der Waals surface area contributed by atoms with Crippen molar-refractivity contribution < 1.29 is 9.53 Å². The van der Waals surface area contributed by atoms with Gasteiger partial charge in [-0.05, 0) is 56.2 Å². The number of para-hydroxylation sites is 2. The highest BCUT2D eigenvalue weighted by Gasteiger charge is 2.20. The monoisotopic (exact) mass is 386 g/mol. The van der Waals surface area contributed by atoms with E-state index in [0.717, 1.165) is 28.9 Å². The first-order chi connectivity index (χ1) is 14.1. The van der Waals surface area contributed by atoms with Crippen molar-refractivity contribution in [2.45, 2.75) is 39.8 Å². The van der Waals surface area contributed by atoms with Gasteiger partial charge in [-0.1, -0.05) is 43.3 Å². The third-order valence-electron chi connectivity index (χ3n) is 5.38. The number of aromatic nitrogens is 1. The van der Waals surface area contributed by atoms with E-state index in [2.05, 4.69) is 53.2 Å². The van der Waals surface area contributed by atoms with Gasteiger partial charge in [-0.25, -0.2) is 0 Å². The minimum absolute atomic E-state index is 0.130. The average molecular weight is 386 g/mol. The molecule has 4 heteroatoms. The normalized spacial score (nSPS) is 12.2. The number of hydrogen-bond donors (Lipinski definition) is 1. The van der Waals surface area contributed by atoms with Crippen molar-refractivity contribution >= 4 is 33.4 Å². The van der Waals surface area contributed by atoms with E-state index in [1.165, 1.54) is 16.4 Å². The molecule has 1 aromatic heterocycles. The molecule has 148 valence electrons. The van der Waals surface area contributed by atoms with E-state index < -0.39 is 6.10 Å². The molecule has 0 unspecified atom stereocenters. The van der Waals surface area contributed by atoms with Crippen molar-refractivity contribution in [3.05, 3.63) is 72.3 Å². The zero-order valence-corrected chi connectivity index (χ0v) is 17.1. The van der Waals surface area contributed by atoms with Crippen LogP contribution in [0, 0.1) is 6.92 Å². The fourth-order valence-electron chi connectivity index (χ4n) is 3.86. The largest absolute Gasteiger partial charge is 0.480 e. The van der Waals surface area contributed by atoms with E-state index >= 15 is 0 Å². The van der Waals surface area contributed by atoms with Crippen LogP contribution >= 0.6 is 0 Å². The molecule has 0 saturated heterocycles. The highest BCUT2D eigenvalue weighted by molar-refractivity contribution is 6.10. The average Bonchev–Trinajstić information content (AvgIpc) is 3.06. The zero-order valence-electron chi connectivity index (χ0n) is 17.1. The minimum atomic E-state index is -0.538. The third-order valence-corrected chi connectivity index (χ3v) is 5.38. The first-order valence-electron chi connectivity index (χ1n) is 10.2. The summed E-state index contributed by atoms with van der Waals surface area (Å²) in [5.41, 5.74) is 4.19. The van der Waals surface area contributed by atoms with Crippen LogP contribution in [0.2, 0.25) is 0 Å². The molecule has 0 radical (unpaired) electrons. The molecule has 1 N–H and O–H groups in total. The van der Waals surface area contributed by atoms with Crippen LogP contribution in [-0.2, 0) is 11.3 Å². The summed E-state index contributed by atoms with van der Waals surface area (Å²) >= 11 is 0. The molecule has 0 bridgehead atoms. The quantitative estimate of drug-likeness (QED) is 0.447. The highest BCUT2D eigenvalue weighted by atomic mass is 16.5. The Labute approximate surface area is 171 Å². The highest BCUT2D eigenvalue weighted by Crippen LogP contribution is 2.31. The lowest BCUT2D eigenvalue weighted by Gasteiger charge is -2.18. The topological polar surface area (TPSA) is 43.3 Å². The number of carbonyl (C=O) groups excluding carboxylic acids is 1. The third kappa shape index (κ3) is 3.58. The minimum Gasteiger partial charge on any atom is -0.480 e. The molecule has 0 saturated carbocycles. The summed E-state index contributed by atoms with van der Waals surface area (Å²) in [5.74, 6) is 0.616. The van der Waals surface area contributed by atoms with Crippen molar-refractivity contribution in [2.75, 3.05) is 5.32 Å². The molecule has 29 heavy (non-hydrogen) atoms. The van der Waals surface area contributed by atoms with Crippen LogP contribution in [0.25, 0.3) is 21.8 Å². The van der Waals surface area contributed by atoms with E-state index in [1.807, 2.05) is 44.2 Å². The fourth-order valence-corrected chi connectivity index (χ4v) is 3.86. The van der Waals surface area contributed by atoms with Gasteiger partial charge in [0, 0.05) is 34.0 Å². The molecule has 4 nitrogen and oxygen atoms in total. The van der Waals surface area contributed by atoms with E-state index in [9.17, 15) is 4.79 Å². The molecule has 4 aromatic rings. The van der Waals surface area contributed by atoms with Crippen molar-refractivity contribution in [1.82, 2.24) is 4.57 Å². The number of anilines is 1. The van der Waals surface area contributed by atoms with Gasteiger partial charge >= 0.3 is 0 Å². The van der Waals surface area contributed by atoms with Gasteiger partial charge in [0.25, 0.3) is 5.91 Å². The van der Waals surface area contributed by atoms with Crippen molar-refractivity contribution in [2.24, 2.45) is 0 Å². The summed E-state index contributed by atoms with van der Waals surface area (Å²) in [4.78, 5) is 12.9. The Morgan fingerprint density at radius 1 is 0.966 bits per heavy atom. The Morgan fingerprint density at radius 3 is 2.45 bits per heavy atom. The molecule has 3 aromatic carbocycles. The Bertz CT molecular complexity index is 1180. The van der Waals surface area contributed by atoms with Crippen molar-refractivity contribution in [3.63, 3.8) is 0 Å². The second-order valence-electron chi connectivity index (χ2n) is 7.26. The smallest absolute Gasteiger partial charge is 0.265 e. The van der Waals surface area contributed by atoms with Gasteiger partial charge in [0.2, 0.25) is 0 Å². The van der Waals surface area contributed by atoms with Gasteiger partial charge in [-0.3, -0.25) is 4.79 Å². The zero-order chi connectivity index (χ0) is 20.4. The predicted molar refractivity (Wildman–Crippen MR) is 120 cm³/mol. The molecule has 0 aliphatic rings. The number of nitrogens with zero attached hydrogens (tertiary/aromatic N) is 1. The lowest BCUT2D eigenvalue weighted by atomic mass is 10.1. The van der Waals surface area contributed by atoms with Crippen LogP contribution < -0.4 is 10.1 Å². The summed E-state index contributed by atoms with van der Waals surface area (Å²) in [6.07, 6.45) is 0.0566. The molecule has 4 rings (SSSR count). The van der Waals surface area contributed by atoms with Crippen molar-refractivity contribution in [1.29, 1.82) is 0 Å². The number of carbonyl (C=O) groups is 1. The maximum atomic E-state index is 12.9. The summed E-state index contributed by atoms with van der Waals surface area (Å²) in [6, 6.07) is 22.3. The number of hydrogen-bond acceptors (Lipinski definition) is 2. The second-order valence-corrected chi connectivity index (χ2v) is 7.26. The van der Waals surface area contributed by atoms with Crippen LogP contribution in [0.15, 0.2) is 66.7 Å². The molecule has 0 aliphatic carbocycles. The molecule has 1 atom stereocenters. The standard InChI is InChI=1S/C25H26N2O2/c1-4-23(29-24-13-9-6-10-17(24)3)25(28)26-18-14-15-22-20(16-18)19-11-7-8-12-21(19)27(22)5-2/h6-16,23H,4-5H2,1-3H3,(H,26,28)/t23-/m0/s1. The predicted octanol–water partition coefficient (Wildman–Crippen LogP) is 5.92. The van der Waals surface area contributed by atoms with E-state index in [-0.39, 0.29) is 5.91 Å². The van der Waals surface area contributed by atoms with E-state index in [1.54, 1.807) is 0 Å². The van der Waals surface area contributed by atoms with Gasteiger partial charge < -0.3 is 14.6 Å². The molecular weight excluding hydrogens is 360 g/mol. The summed E-state index contributed by atoms with van der Waals surface area (Å²) in [6.45, 7) is 6.99. The molecule has 0 spiro atoms. The SMILES string of the molecule is CC[C@H](Oc1ccccc1C)C(=O)Nc1ccc2c(c1)c1ccccc1n2CC. The van der Waals surface area contributed by atoms with E-state index in [4.69, 9.17) is 4.74 Å². The fraction of sp³-hybridized carbons (Fsp3) is 0.240. The van der Waals surface area contributed by atoms with Crippen LogP contribution in [0.4, 0.5) is 5.69 Å². The lowest BCUT2D eigenvalue weighted by Crippen LogP contribution is -2.32. The summed E-state index contributed by atoms with van der Waals surface area (Å²) in [5, 5.41) is 5.39. The molecular formula is C25H26N2O2. The molecule has 0 aliphatic heterocycles. The van der Waals surface area contributed by atoms with Gasteiger partial charge in [0.05, 0.1) is 0 Å². The summed E-state index contributed by atoms with van der Waals surface area (Å²) < 4.78 is 8.29. The Balaban J connectivity index is 1.62. The Hall–Kier alpha value is -3.27. The van der Waals surface area contributed by atoms with Crippen molar-refractivity contribution in [3.8, 4) is 5.75 Å². The second kappa shape index (κ2) is 8.00. The molecule has 1 amide bonds. The molecule has 0 fully saturated rings. The number of aryl methyl sites for hydroxylation is 2. The van der Waals surface area contributed by atoms with Gasteiger partial charge in [0.15, 0.2) is 6.10 Å². The van der Waals surface area contributed by atoms with Crippen LogP contribution in [0.1, 0.15) is 25.8 Å². The number of amides is 1. The maximum Gasteiger partial charge on any atom is 0.265 e. The van der Waals surface area contributed by atoms with Crippen LogP contribution in [0.5, 0.6) is 5.75 Å². The number of nitrogens with one attached hydrogen (secondary N) is 1. The molecule has 1 heterocycles. The number of fused-ring (bicyclic) bond motifs is 3. The Kier molecular flexibility index (Phi) is 5.26. The van der Waals surface area contributed by atoms with Gasteiger partial charge in [-0.15, -0.1) is 0 Å². The van der Waals surface area contributed by atoms with Gasteiger partial charge in [0.1, 0.15) is 5.75 Å². The number of rotatable bonds is 6. The first kappa shape index (κ1) is 19.1. The number of benzene rings is 3. The first-order valence-corrected chi connectivity index (χ1v) is 10.2. The Morgan fingerprint density at radius 2 is 1.69 bits per heavy atom. The van der Waals surface area contributed by atoms with E-state index in [0.29, 0.717) is 6.42 Å². The summed E-state index contributed by atoms with van der Waals surface area (Å²) in [7, 11) is 0. The van der Waals surface area contributed by atoms with Crippen LogP contribution in [-0.4, -0.2) is 16.6 Å². The maximum absolute atomic E-state index is 12.9. The van der Waals surface area contributed by atoms with Gasteiger partial charge in [-0.2, -0.15) is 0 Å².